The molecule has 9 nitrogen and oxygen atoms in total. The zero-order valence-electron chi connectivity index (χ0n) is 18.3. The lowest BCUT2D eigenvalue weighted by Crippen LogP contribution is -2.28. The Labute approximate surface area is 180 Å². The van der Waals surface area contributed by atoms with Gasteiger partial charge in [-0.3, -0.25) is 14.3 Å². The quantitative estimate of drug-likeness (QED) is 0.439. The summed E-state index contributed by atoms with van der Waals surface area (Å²) in [5.74, 6) is -1.23. The van der Waals surface area contributed by atoms with E-state index >= 15 is 0 Å². The molecule has 0 saturated heterocycles. The van der Waals surface area contributed by atoms with Crippen molar-refractivity contribution < 1.29 is 14.3 Å². The minimum absolute atomic E-state index is 0.0215. The van der Waals surface area contributed by atoms with E-state index in [-0.39, 0.29) is 11.3 Å². The van der Waals surface area contributed by atoms with E-state index in [1.165, 1.54) is 4.68 Å². The van der Waals surface area contributed by atoms with Gasteiger partial charge in [-0.2, -0.15) is 10.2 Å². The van der Waals surface area contributed by atoms with Crippen molar-refractivity contribution in [2.75, 3.05) is 11.9 Å². The number of aryl methyl sites for hydroxylation is 3. The Hall–Kier alpha value is -3.49. The lowest BCUT2D eigenvalue weighted by atomic mass is 10.1. The number of carbonyl (C=O) groups is 2. The fraction of sp³-hybridized carbons (Fsp3) is 0.409. The van der Waals surface area contributed by atoms with Gasteiger partial charge in [-0.05, 0) is 26.3 Å². The predicted octanol–water partition coefficient (Wildman–Crippen LogP) is 2.73. The van der Waals surface area contributed by atoms with Gasteiger partial charge in [0.15, 0.2) is 12.3 Å². The van der Waals surface area contributed by atoms with Gasteiger partial charge in [0.25, 0.3) is 11.5 Å². The van der Waals surface area contributed by atoms with Crippen LogP contribution in [-0.4, -0.2) is 38.0 Å². The van der Waals surface area contributed by atoms with Crippen molar-refractivity contribution in [3.8, 4) is 0 Å². The number of amides is 1. The first-order chi connectivity index (χ1) is 14.8. The molecule has 3 aromatic rings. The first kappa shape index (κ1) is 22.2. The highest BCUT2D eigenvalue weighted by molar-refractivity contribution is 6.03. The highest BCUT2D eigenvalue weighted by atomic mass is 16.5. The Bertz CT molecular complexity index is 1180. The SMILES string of the molecule is CCCCCn1nc(C(=O)OCC(=O)Nc2c(C)nn(C)c2C)c2ccccc2c1=O. The lowest BCUT2D eigenvalue weighted by molar-refractivity contribution is -0.119. The number of nitrogens with zero attached hydrogens (tertiary/aromatic N) is 4. The number of benzene rings is 1. The van der Waals surface area contributed by atoms with Gasteiger partial charge in [0.2, 0.25) is 0 Å². The number of nitrogens with one attached hydrogen (secondary N) is 1. The van der Waals surface area contributed by atoms with Crippen LogP contribution in [0.25, 0.3) is 10.8 Å². The molecule has 31 heavy (non-hydrogen) atoms. The van der Waals surface area contributed by atoms with Crippen LogP contribution in [0.2, 0.25) is 0 Å². The average Bonchev–Trinajstić information content (AvgIpc) is 2.99. The molecule has 3 rings (SSSR count). The molecule has 2 aromatic heterocycles. The topological polar surface area (TPSA) is 108 Å². The largest absolute Gasteiger partial charge is 0.451 e. The first-order valence-corrected chi connectivity index (χ1v) is 10.3. The zero-order valence-corrected chi connectivity index (χ0v) is 18.3. The second-order valence-electron chi connectivity index (χ2n) is 7.42. The molecule has 0 unspecified atom stereocenters. The number of anilines is 1. The standard InChI is InChI=1S/C22H27N5O4/c1-5-6-9-12-27-21(29)17-11-8-7-10-16(17)20(25-27)22(30)31-13-18(28)23-19-14(2)24-26(4)15(19)3/h7-8,10-11H,5-6,9,12-13H2,1-4H3,(H,23,28). The number of hydrogen-bond acceptors (Lipinski definition) is 6. The third-order valence-electron chi connectivity index (χ3n) is 5.14. The zero-order chi connectivity index (χ0) is 22.5. The minimum atomic E-state index is -0.754. The maximum atomic E-state index is 12.8. The summed E-state index contributed by atoms with van der Waals surface area (Å²) < 4.78 is 8.19. The summed E-state index contributed by atoms with van der Waals surface area (Å²) in [7, 11) is 1.78. The maximum Gasteiger partial charge on any atom is 0.359 e. The minimum Gasteiger partial charge on any atom is -0.451 e. The number of aromatic nitrogens is 4. The number of unbranched alkanes of at least 4 members (excludes halogenated alkanes) is 2. The van der Waals surface area contributed by atoms with Crippen molar-refractivity contribution in [1.82, 2.24) is 19.6 Å². The average molecular weight is 425 g/mol. The third kappa shape index (κ3) is 4.82. The highest BCUT2D eigenvalue weighted by Crippen LogP contribution is 2.18. The normalized spacial score (nSPS) is 11.0. The summed E-state index contributed by atoms with van der Waals surface area (Å²) in [4.78, 5) is 37.8. The van der Waals surface area contributed by atoms with E-state index in [2.05, 4.69) is 22.4 Å². The fourth-order valence-corrected chi connectivity index (χ4v) is 3.38. The van der Waals surface area contributed by atoms with E-state index in [0.29, 0.717) is 28.7 Å². The second-order valence-corrected chi connectivity index (χ2v) is 7.42. The lowest BCUT2D eigenvalue weighted by Gasteiger charge is -2.11. The predicted molar refractivity (Wildman–Crippen MR) is 117 cm³/mol. The molecule has 0 radical (unpaired) electrons. The van der Waals surface area contributed by atoms with Crippen molar-refractivity contribution in [2.24, 2.45) is 7.05 Å². The van der Waals surface area contributed by atoms with Gasteiger partial charge in [-0.25, -0.2) is 9.48 Å². The summed E-state index contributed by atoms with van der Waals surface area (Å²) in [5.41, 5.74) is 1.84. The molecular formula is C22H27N5O4. The summed E-state index contributed by atoms with van der Waals surface area (Å²) >= 11 is 0. The van der Waals surface area contributed by atoms with Gasteiger partial charge in [0.1, 0.15) is 0 Å². The van der Waals surface area contributed by atoms with Crippen LogP contribution >= 0.6 is 0 Å². The molecule has 0 aliphatic carbocycles. The van der Waals surface area contributed by atoms with Gasteiger partial charge in [0, 0.05) is 19.0 Å². The molecule has 1 amide bonds. The van der Waals surface area contributed by atoms with Gasteiger partial charge in [0.05, 0.1) is 22.5 Å². The van der Waals surface area contributed by atoms with Crippen molar-refractivity contribution in [3.05, 3.63) is 51.7 Å². The number of hydrogen-bond donors (Lipinski definition) is 1. The smallest absolute Gasteiger partial charge is 0.359 e. The van der Waals surface area contributed by atoms with Gasteiger partial charge in [-0.1, -0.05) is 38.0 Å². The number of esters is 1. The Morgan fingerprint density at radius 1 is 1.10 bits per heavy atom. The van der Waals surface area contributed by atoms with Crippen molar-refractivity contribution >= 4 is 28.3 Å². The fourth-order valence-electron chi connectivity index (χ4n) is 3.38. The Kier molecular flexibility index (Phi) is 6.84. The molecule has 0 saturated carbocycles. The van der Waals surface area contributed by atoms with Gasteiger partial charge in [-0.15, -0.1) is 0 Å². The van der Waals surface area contributed by atoms with Crippen LogP contribution in [0.15, 0.2) is 29.1 Å². The van der Waals surface area contributed by atoms with E-state index in [0.717, 1.165) is 25.0 Å². The summed E-state index contributed by atoms with van der Waals surface area (Å²) in [6.07, 6.45) is 2.73. The molecule has 1 aromatic carbocycles. The van der Waals surface area contributed by atoms with Crippen molar-refractivity contribution in [2.45, 2.75) is 46.6 Å². The monoisotopic (exact) mass is 425 g/mol. The molecule has 0 aliphatic heterocycles. The molecule has 0 atom stereocenters. The van der Waals surface area contributed by atoms with Crippen LogP contribution in [0, 0.1) is 13.8 Å². The molecule has 1 N–H and O–H groups in total. The molecule has 9 heteroatoms. The van der Waals surface area contributed by atoms with Crippen LogP contribution in [0.3, 0.4) is 0 Å². The van der Waals surface area contributed by atoms with E-state index in [1.54, 1.807) is 42.9 Å². The summed E-state index contributed by atoms with van der Waals surface area (Å²) in [6.45, 7) is 5.63. The van der Waals surface area contributed by atoms with Crippen LogP contribution < -0.4 is 10.9 Å². The Morgan fingerprint density at radius 2 is 1.81 bits per heavy atom. The second kappa shape index (κ2) is 9.55. The molecule has 0 bridgehead atoms. The Balaban J connectivity index is 1.79. The number of fused-ring (bicyclic) bond motifs is 1. The molecule has 0 spiro atoms. The first-order valence-electron chi connectivity index (χ1n) is 10.3. The highest BCUT2D eigenvalue weighted by Gasteiger charge is 2.20. The van der Waals surface area contributed by atoms with Crippen LogP contribution in [0.4, 0.5) is 5.69 Å². The van der Waals surface area contributed by atoms with E-state index in [4.69, 9.17) is 4.74 Å². The molecule has 164 valence electrons. The van der Waals surface area contributed by atoms with E-state index < -0.39 is 18.5 Å². The van der Waals surface area contributed by atoms with Gasteiger partial charge >= 0.3 is 5.97 Å². The third-order valence-corrected chi connectivity index (χ3v) is 5.14. The van der Waals surface area contributed by atoms with E-state index in [1.807, 2.05) is 6.92 Å². The van der Waals surface area contributed by atoms with Crippen LogP contribution in [0.1, 0.15) is 48.1 Å². The van der Waals surface area contributed by atoms with Crippen LogP contribution in [-0.2, 0) is 23.1 Å². The van der Waals surface area contributed by atoms with Crippen molar-refractivity contribution in [3.63, 3.8) is 0 Å². The number of carbonyl (C=O) groups excluding carboxylic acids is 2. The van der Waals surface area contributed by atoms with Gasteiger partial charge < -0.3 is 10.1 Å². The summed E-state index contributed by atoms with van der Waals surface area (Å²) in [6, 6.07) is 6.77. The molecule has 0 fully saturated rings. The maximum absolute atomic E-state index is 12.8. The van der Waals surface area contributed by atoms with Crippen LogP contribution in [0.5, 0.6) is 0 Å². The Morgan fingerprint density at radius 3 is 2.45 bits per heavy atom. The summed E-state index contributed by atoms with van der Waals surface area (Å²) in [5, 5.41) is 12.0. The van der Waals surface area contributed by atoms with Crippen molar-refractivity contribution in [1.29, 1.82) is 0 Å². The molecule has 2 heterocycles. The molecular weight excluding hydrogens is 398 g/mol. The number of ether oxygens (including phenoxy) is 1. The van der Waals surface area contributed by atoms with E-state index in [9.17, 15) is 14.4 Å². The molecule has 0 aliphatic rings. The number of rotatable bonds is 8.